The number of rotatable bonds is 20. The Hall–Kier alpha value is -0.0500. The smallest absolute Gasteiger partial charge is 0.304 e. The minimum Gasteiger partial charge on any atom is -0.481 e. The van der Waals surface area contributed by atoms with Gasteiger partial charge in [-0.3, -0.25) is 4.79 Å². The molecule has 0 rings (SSSR count). The van der Waals surface area contributed by atoms with Gasteiger partial charge in [0.1, 0.15) is 0 Å². The zero-order valence-electron chi connectivity index (χ0n) is 16.7. The van der Waals surface area contributed by atoms with Gasteiger partial charge in [-0.25, -0.2) is 0 Å². The Morgan fingerprint density at radius 1 is 0.680 bits per heavy atom. The van der Waals surface area contributed by atoms with Crippen LogP contribution in [0, 0.1) is 0 Å². The first-order chi connectivity index (χ1) is 12.2. The van der Waals surface area contributed by atoms with Gasteiger partial charge in [0, 0.05) is 4.83 Å². The Bertz CT molecular complexity index is 281. The van der Waals surface area contributed by atoms with E-state index < -0.39 is 5.97 Å². The van der Waals surface area contributed by atoms with Crippen molar-refractivity contribution in [1.82, 2.24) is 0 Å². The standard InChI is InChI=1S/C22H43BrO2/c1-2-3-4-5-6-7-8-9-10-11-12-13-14-15-16-17-18-19-21(23)20-22(24)25/h21H,2-20H2,1H3,(H,24,25). The molecule has 1 unspecified atom stereocenters. The van der Waals surface area contributed by atoms with Crippen molar-refractivity contribution >= 4 is 21.9 Å². The topological polar surface area (TPSA) is 37.3 Å². The van der Waals surface area contributed by atoms with Crippen LogP contribution in [0.15, 0.2) is 0 Å². The average Bonchev–Trinajstić information content (AvgIpc) is 2.57. The van der Waals surface area contributed by atoms with Gasteiger partial charge in [0.05, 0.1) is 6.42 Å². The average molecular weight is 419 g/mol. The number of alkyl halides is 1. The summed E-state index contributed by atoms with van der Waals surface area (Å²) >= 11 is 3.45. The molecule has 3 heteroatoms. The van der Waals surface area contributed by atoms with Gasteiger partial charge in [0.15, 0.2) is 0 Å². The zero-order valence-corrected chi connectivity index (χ0v) is 18.3. The normalized spacial score (nSPS) is 12.4. The Labute approximate surface area is 165 Å². The number of hydrogen-bond donors (Lipinski definition) is 1. The molecule has 0 fully saturated rings. The minimum atomic E-state index is -0.700. The molecule has 0 amide bonds. The van der Waals surface area contributed by atoms with Crippen molar-refractivity contribution in [3.8, 4) is 0 Å². The van der Waals surface area contributed by atoms with E-state index in [-0.39, 0.29) is 11.2 Å². The maximum atomic E-state index is 10.6. The summed E-state index contributed by atoms with van der Waals surface area (Å²) in [6.45, 7) is 2.28. The molecule has 0 saturated heterocycles. The number of hydrogen-bond acceptors (Lipinski definition) is 1. The molecule has 1 N–H and O–H groups in total. The van der Waals surface area contributed by atoms with Crippen LogP contribution < -0.4 is 0 Å². The molecule has 0 aliphatic carbocycles. The third-order valence-electron chi connectivity index (χ3n) is 5.02. The van der Waals surface area contributed by atoms with Crippen molar-refractivity contribution in [3.63, 3.8) is 0 Å². The van der Waals surface area contributed by atoms with Gasteiger partial charge < -0.3 is 5.11 Å². The minimum absolute atomic E-state index is 0.154. The van der Waals surface area contributed by atoms with Crippen molar-refractivity contribution < 1.29 is 9.90 Å². The number of halogens is 1. The third kappa shape index (κ3) is 21.9. The van der Waals surface area contributed by atoms with Crippen LogP contribution in [0.3, 0.4) is 0 Å². The van der Waals surface area contributed by atoms with Gasteiger partial charge in [-0.2, -0.15) is 0 Å². The first-order valence-electron chi connectivity index (χ1n) is 11.0. The third-order valence-corrected chi connectivity index (χ3v) is 5.80. The van der Waals surface area contributed by atoms with Gasteiger partial charge in [0.25, 0.3) is 0 Å². The Morgan fingerprint density at radius 3 is 1.32 bits per heavy atom. The lowest BCUT2D eigenvalue weighted by Gasteiger charge is -2.06. The van der Waals surface area contributed by atoms with Crippen LogP contribution in [0.2, 0.25) is 0 Å². The second-order valence-electron chi connectivity index (χ2n) is 7.64. The van der Waals surface area contributed by atoms with E-state index in [2.05, 4.69) is 22.9 Å². The molecule has 2 nitrogen and oxygen atoms in total. The van der Waals surface area contributed by atoms with Gasteiger partial charge in [-0.05, 0) is 6.42 Å². The Balaban J connectivity index is 3.06. The molecule has 150 valence electrons. The summed E-state index contributed by atoms with van der Waals surface area (Å²) in [6.07, 6.45) is 24.8. The summed E-state index contributed by atoms with van der Waals surface area (Å²) in [5.74, 6) is -0.700. The molecular weight excluding hydrogens is 376 g/mol. The van der Waals surface area contributed by atoms with Gasteiger partial charge >= 0.3 is 5.97 Å². The van der Waals surface area contributed by atoms with Gasteiger partial charge in [-0.15, -0.1) is 0 Å². The van der Waals surface area contributed by atoms with E-state index >= 15 is 0 Å². The summed E-state index contributed by atoms with van der Waals surface area (Å²) < 4.78 is 0. The molecule has 1 atom stereocenters. The lowest BCUT2D eigenvalue weighted by Crippen LogP contribution is -2.06. The fourth-order valence-corrected chi connectivity index (χ4v) is 3.98. The number of carboxylic acid groups (broad SMARTS) is 1. The van der Waals surface area contributed by atoms with Crippen LogP contribution in [0.5, 0.6) is 0 Å². The van der Waals surface area contributed by atoms with Gasteiger partial charge in [0.2, 0.25) is 0 Å². The maximum Gasteiger partial charge on any atom is 0.304 e. The molecule has 0 aromatic carbocycles. The predicted octanol–water partition coefficient (Wildman–Crippen LogP) is 8.27. The van der Waals surface area contributed by atoms with Crippen LogP contribution in [0.1, 0.15) is 129 Å². The van der Waals surface area contributed by atoms with E-state index in [9.17, 15) is 4.79 Å². The summed E-state index contributed by atoms with van der Waals surface area (Å²) in [7, 11) is 0. The number of unbranched alkanes of at least 4 members (excludes halogenated alkanes) is 16. The highest BCUT2D eigenvalue weighted by molar-refractivity contribution is 9.09. The molecule has 0 aromatic heterocycles. The number of carboxylic acids is 1. The second-order valence-corrected chi connectivity index (χ2v) is 8.94. The highest BCUT2D eigenvalue weighted by Gasteiger charge is 2.08. The van der Waals surface area contributed by atoms with E-state index in [0.29, 0.717) is 0 Å². The fourth-order valence-electron chi connectivity index (χ4n) is 3.38. The monoisotopic (exact) mass is 418 g/mol. The fraction of sp³-hybridized carbons (Fsp3) is 0.955. The number of aliphatic carboxylic acids is 1. The zero-order chi connectivity index (χ0) is 18.6. The molecule has 0 spiro atoms. The Morgan fingerprint density at radius 2 is 1.00 bits per heavy atom. The molecule has 0 heterocycles. The van der Waals surface area contributed by atoms with Crippen molar-refractivity contribution in [2.24, 2.45) is 0 Å². The van der Waals surface area contributed by atoms with Crippen molar-refractivity contribution in [3.05, 3.63) is 0 Å². The first-order valence-corrected chi connectivity index (χ1v) is 11.9. The Kier molecular flexibility index (Phi) is 20.2. The number of carbonyl (C=O) groups is 1. The molecule has 0 saturated carbocycles. The SMILES string of the molecule is CCCCCCCCCCCCCCCCCCCC(Br)CC(=O)O. The van der Waals surface area contributed by atoms with Gasteiger partial charge in [-0.1, -0.05) is 132 Å². The van der Waals surface area contributed by atoms with Crippen molar-refractivity contribution in [2.75, 3.05) is 0 Å². The van der Waals surface area contributed by atoms with Crippen LogP contribution in [0.25, 0.3) is 0 Å². The molecule has 0 aromatic rings. The first kappa shape index (κ1) is 24.9. The van der Waals surface area contributed by atoms with Crippen LogP contribution in [0.4, 0.5) is 0 Å². The molecule has 0 aliphatic heterocycles. The highest BCUT2D eigenvalue weighted by Crippen LogP contribution is 2.17. The van der Waals surface area contributed by atoms with E-state index in [4.69, 9.17) is 5.11 Å². The van der Waals surface area contributed by atoms with E-state index in [1.807, 2.05) is 0 Å². The highest BCUT2D eigenvalue weighted by atomic mass is 79.9. The van der Waals surface area contributed by atoms with Crippen LogP contribution >= 0.6 is 15.9 Å². The predicted molar refractivity (Wildman–Crippen MR) is 114 cm³/mol. The van der Waals surface area contributed by atoms with Crippen LogP contribution in [-0.2, 0) is 4.79 Å². The lowest BCUT2D eigenvalue weighted by atomic mass is 10.0. The van der Waals surface area contributed by atoms with Crippen molar-refractivity contribution in [1.29, 1.82) is 0 Å². The summed E-state index contributed by atoms with van der Waals surface area (Å²) in [5.41, 5.74) is 0. The second kappa shape index (κ2) is 20.3. The maximum absolute atomic E-state index is 10.6. The lowest BCUT2D eigenvalue weighted by molar-refractivity contribution is -0.136. The molecule has 0 radical (unpaired) electrons. The largest absolute Gasteiger partial charge is 0.481 e. The molecular formula is C22H43BrO2. The van der Waals surface area contributed by atoms with E-state index in [1.165, 1.54) is 103 Å². The summed E-state index contributed by atoms with van der Waals surface area (Å²) in [5, 5.41) is 8.70. The quantitative estimate of drug-likeness (QED) is 0.159. The van der Waals surface area contributed by atoms with Crippen molar-refractivity contribution in [2.45, 2.75) is 134 Å². The molecule has 0 bridgehead atoms. The van der Waals surface area contributed by atoms with E-state index in [0.717, 1.165) is 12.8 Å². The summed E-state index contributed by atoms with van der Waals surface area (Å²) in [4.78, 5) is 10.7. The van der Waals surface area contributed by atoms with E-state index in [1.54, 1.807) is 0 Å². The van der Waals surface area contributed by atoms with Crippen LogP contribution in [-0.4, -0.2) is 15.9 Å². The molecule has 25 heavy (non-hydrogen) atoms. The molecule has 0 aliphatic rings. The summed E-state index contributed by atoms with van der Waals surface area (Å²) in [6, 6.07) is 0.